The van der Waals surface area contributed by atoms with E-state index < -0.39 is 20.9 Å². The van der Waals surface area contributed by atoms with Gasteiger partial charge in [-0.2, -0.15) is 4.31 Å². The minimum atomic E-state index is -3.74. The van der Waals surface area contributed by atoms with Crippen LogP contribution in [0.3, 0.4) is 0 Å². The van der Waals surface area contributed by atoms with Crippen LogP contribution in [0.25, 0.3) is 0 Å². The number of carbonyl (C=O) groups is 1. The Morgan fingerprint density at radius 1 is 1.00 bits per heavy atom. The summed E-state index contributed by atoms with van der Waals surface area (Å²) >= 11 is 0. The Hall–Kier alpha value is -3.22. The Kier molecular flexibility index (Phi) is 8.30. The van der Waals surface area contributed by atoms with Crippen LogP contribution in [0.15, 0.2) is 41.3 Å². The predicted molar refractivity (Wildman–Crippen MR) is 142 cm³/mol. The number of nitrogens with one attached hydrogen (secondary N) is 1. The number of morpholine rings is 1. The zero-order valence-electron chi connectivity index (χ0n) is 21.2. The van der Waals surface area contributed by atoms with E-state index in [0.29, 0.717) is 50.8 Å². The fraction of sp³-hybridized carbons (Fsp3) is 0.480. The molecule has 0 aromatic heterocycles. The molecule has 0 saturated carbocycles. The molecule has 2 aliphatic heterocycles. The van der Waals surface area contributed by atoms with Crippen molar-refractivity contribution in [2.45, 2.75) is 31.6 Å². The van der Waals surface area contributed by atoms with Crippen LogP contribution in [0.2, 0.25) is 0 Å². The Morgan fingerprint density at radius 3 is 2.24 bits per heavy atom. The second kappa shape index (κ2) is 11.4. The summed E-state index contributed by atoms with van der Waals surface area (Å²) in [5.74, 6) is -0.547. The summed E-state index contributed by atoms with van der Waals surface area (Å²) in [6.45, 7) is 7.80. The number of carbonyl (C=O) groups excluding carboxylic acids is 1. The van der Waals surface area contributed by atoms with Crippen molar-refractivity contribution >= 4 is 38.7 Å². The largest absolute Gasteiger partial charge is 0.378 e. The van der Waals surface area contributed by atoms with Gasteiger partial charge in [0, 0.05) is 50.9 Å². The van der Waals surface area contributed by atoms with E-state index in [4.69, 9.17) is 4.74 Å². The monoisotopic (exact) mass is 531 g/mol. The smallest absolute Gasteiger partial charge is 0.293 e. The summed E-state index contributed by atoms with van der Waals surface area (Å²) in [5, 5.41) is 14.7. The molecule has 11 nitrogen and oxygen atoms in total. The normalized spacial score (nSPS) is 16.3. The summed E-state index contributed by atoms with van der Waals surface area (Å²) in [7, 11) is -3.74. The Labute approximate surface area is 217 Å². The van der Waals surface area contributed by atoms with Crippen molar-refractivity contribution in [3.8, 4) is 0 Å². The molecule has 0 radical (unpaired) electrons. The summed E-state index contributed by atoms with van der Waals surface area (Å²) < 4.78 is 33.0. The zero-order chi connectivity index (χ0) is 26.6. The van der Waals surface area contributed by atoms with Crippen molar-refractivity contribution in [1.29, 1.82) is 0 Å². The van der Waals surface area contributed by atoms with E-state index in [9.17, 15) is 23.3 Å². The number of hydrogen-bond acceptors (Lipinski definition) is 8. The summed E-state index contributed by atoms with van der Waals surface area (Å²) in [5.41, 5.74) is 1.49. The number of sulfonamides is 1. The van der Waals surface area contributed by atoms with E-state index in [2.05, 4.69) is 10.2 Å². The second-order valence-corrected chi connectivity index (χ2v) is 10.9. The molecule has 1 N–H and O–H groups in total. The number of hydrogen-bond donors (Lipinski definition) is 1. The molecule has 37 heavy (non-hydrogen) atoms. The number of nitro groups is 1. The first-order chi connectivity index (χ1) is 17.8. The van der Waals surface area contributed by atoms with Crippen molar-refractivity contribution in [3.63, 3.8) is 0 Å². The highest BCUT2D eigenvalue weighted by Gasteiger charge is 2.27. The van der Waals surface area contributed by atoms with Gasteiger partial charge in [0.05, 0.1) is 34.4 Å². The van der Waals surface area contributed by atoms with Gasteiger partial charge in [-0.25, -0.2) is 8.42 Å². The van der Waals surface area contributed by atoms with E-state index in [1.807, 2.05) is 4.90 Å². The highest BCUT2D eigenvalue weighted by Crippen LogP contribution is 2.34. The number of anilines is 3. The summed E-state index contributed by atoms with van der Waals surface area (Å²) in [6.07, 6.45) is 2.00. The maximum absolute atomic E-state index is 13.3. The first kappa shape index (κ1) is 26.8. The van der Waals surface area contributed by atoms with E-state index in [1.54, 1.807) is 38.1 Å². The SMILES string of the molecule is CCN(CC)S(=O)(=O)c1ccc(N2CCCC2)c(NC(=O)c2ccc(N3CCOCC3)c([N+](=O)[O-])c2)c1. The molecule has 0 unspecified atom stereocenters. The molecular weight excluding hydrogens is 498 g/mol. The van der Waals surface area contributed by atoms with Crippen LogP contribution in [0.4, 0.5) is 22.7 Å². The maximum atomic E-state index is 13.3. The molecule has 2 fully saturated rings. The van der Waals surface area contributed by atoms with Gasteiger partial charge in [0.1, 0.15) is 5.69 Å². The molecule has 2 heterocycles. The van der Waals surface area contributed by atoms with Gasteiger partial charge < -0.3 is 19.9 Å². The van der Waals surface area contributed by atoms with Gasteiger partial charge in [-0.05, 0) is 43.2 Å². The standard InChI is InChI=1S/C25H33N5O6S/c1-3-29(4-2)37(34,35)20-8-10-22(27-11-5-6-12-27)21(18-20)26-25(31)19-7-9-23(24(17-19)30(32)33)28-13-15-36-16-14-28/h7-10,17-18H,3-6,11-16H2,1-2H3,(H,26,31). The van der Waals surface area contributed by atoms with Crippen LogP contribution in [-0.2, 0) is 14.8 Å². The van der Waals surface area contributed by atoms with E-state index in [0.717, 1.165) is 31.6 Å². The predicted octanol–water partition coefficient (Wildman–Crippen LogP) is 3.31. The van der Waals surface area contributed by atoms with Gasteiger partial charge in [-0.15, -0.1) is 0 Å². The number of benzene rings is 2. The second-order valence-electron chi connectivity index (χ2n) is 8.98. The Bertz CT molecular complexity index is 1250. The fourth-order valence-corrected chi connectivity index (χ4v) is 6.28. The number of nitrogens with zero attached hydrogens (tertiary/aromatic N) is 4. The molecule has 200 valence electrons. The van der Waals surface area contributed by atoms with E-state index in [1.165, 1.54) is 16.4 Å². The van der Waals surface area contributed by atoms with Gasteiger partial charge in [-0.1, -0.05) is 13.8 Å². The molecule has 1 amide bonds. The molecule has 2 aromatic rings. The molecule has 0 atom stereocenters. The Balaban J connectivity index is 1.68. The summed E-state index contributed by atoms with van der Waals surface area (Å²) in [4.78, 5) is 28.7. The lowest BCUT2D eigenvalue weighted by atomic mass is 10.1. The van der Waals surface area contributed by atoms with Crippen molar-refractivity contribution in [1.82, 2.24) is 4.31 Å². The third-order valence-electron chi connectivity index (χ3n) is 6.79. The van der Waals surface area contributed by atoms with Gasteiger partial charge in [0.15, 0.2) is 0 Å². The molecule has 12 heteroatoms. The first-order valence-electron chi connectivity index (χ1n) is 12.6. The molecule has 2 saturated heterocycles. The van der Waals surface area contributed by atoms with Gasteiger partial charge in [-0.3, -0.25) is 14.9 Å². The third kappa shape index (κ3) is 5.71. The number of nitro benzene ring substituents is 1. The molecule has 2 aliphatic rings. The lowest BCUT2D eigenvalue weighted by Crippen LogP contribution is -2.36. The molecular formula is C25H33N5O6S. The summed E-state index contributed by atoms with van der Waals surface area (Å²) in [6, 6.07) is 9.18. The third-order valence-corrected chi connectivity index (χ3v) is 8.84. The molecule has 4 rings (SSSR count). The molecule has 0 bridgehead atoms. The van der Waals surface area contributed by atoms with Gasteiger partial charge in [0.25, 0.3) is 11.6 Å². The number of ether oxygens (including phenoxy) is 1. The highest BCUT2D eigenvalue weighted by molar-refractivity contribution is 7.89. The highest BCUT2D eigenvalue weighted by atomic mass is 32.2. The Morgan fingerprint density at radius 2 is 1.62 bits per heavy atom. The maximum Gasteiger partial charge on any atom is 0.293 e. The van der Waals surface area contributed by atoms with E-state index in [-0.39, 0.29) is 16.1 Å². The number of amides is 1. The van der Waals surface area contributed by atoms with Crippen LogP contribution in [-0.4, -0.2) is 76.0 Å². The van der Waals surface area contributed by atoms with E-state index >= 15 is 0 Å². The van der Waals surface area contributed by atoms with Gasteiger partial charge in [0.2, 0.25) is 10.0 Å². The van der Waals surface area contributed by atoms with Crippen molar-refractivity contribution in [3.05, 3.63) is 52.1 Å². The van der Waals surface area contributed by atoms with Crippen LogP contribution in [0.5, 0.6) is 0 Å². The molecule has 2 aromatic carbocycles. The topological polar surface area (TPSA) is 125 Å². The van der Waals surface area contributed by atoms with Gasteiger partial charge >= 0.3 is 0 Å². The lowest BCUT2D eigenvalue weighted by Gasteiger charge is -2.28. The van der Waals surface area contributed by atoms with Crippen LogP contribution < -0.4 is 15.1 Å². The first-order valence-corrected chi connectivity index (χ1v) is 14.0. The average molecular weight is 532 g/mol. The van der Waals surface area contributed by atoms with Crippen LogP contribution in [0.1, 0.15) is 37.0 Å². The number of rotatable bonds is 9. The quantitative estimate of drug-likeness (QED) is 0.386. The molecule has 0 spiro atoms. The lowest BCUT2D eigenvalue weighted by molar-refractivity contribution is -0.384. The minimum absolute atomic E-state index is 0.0862. The van der Waals surface area contributed by atoms with Crippen LogP contribution in [0, 0.1) is 10.1 Å². The zero-order valence-corrected chi connectivity index (χ0v) is 22.0. The van der Waals surface area contributed by atoms with Crippen molar-refractivity contribution in [2.24, 2.45) is 0 Å². The fourth-order valence-electron chi connectivity index (χ4n) is 4.80. The van der Waals surface area contributed by atoms with Crippen molar-refractivity contribution < 1.29 is 22.9 Å². The average Bonchev–Trinajstić information content (AvgIpc) is 3.44. The minimum Gasteiger partial charge on any atom is -0.378 e. The molecule has 0 aliphatic carbocycles. The van der Waals surface area contributed by atoms with Crippen LogP contribution >= 0.6 is 0 Å². The van der Waals surface area contributed by atoms with Crippen molar-refractivity contribution in [2.75, 3.05) is 67.6 Å².